The van der Waals surface area contributed by atoms with Gasteiger partial charge in [-0.2, -0.15) is 5.10 Å². The third-order valence-electron chi connectivity index (χ3n) is 6.06. The van der Waals surface area contributed by atoms with Gasteiger partial charge in [0, 0.05) is 37.5 Å². The molecule has 1 N–H and O–H groups in total. The number of ether oxygens (including phenoxy) is 1. The summed E-state index contributed by atoms with van der Waals surface area (Å²) in [5.41, 5.74) is 4.83. The largest absolute Gasteiger partial charge is 0.376 e. The second-order valence-corrected chi connectivity index (χ2v) is 8.42. The topological polar surface area (TPSA) is 89.3 Å². The molecular formula is C24H29N5O3. The predicted molar refractivity (Wildman–Crippen MR) is 123 cm³/mol. The Labute approximate surface area is 187 Å². The van der Waals surface area contributed by atoms with E-state index in [0.717, 1.165) is 46.4 Å². The van der Waals surface area contributed by atoms with E-state index in [9.17, 15) is 9.59 Å². The van der Waals surface area contributed by atoms with E-state index in [1.807, 2.05) is 46.0 Å². The number of nitrogens with zero attached hydrogens (tertiary/aromatic N) is 4. The van der Waals surface area contributed by atoms with Crippen molar-refractivity contribution in [2.24, 2.45) is 7.05 Å². The van der Waals surface area contributed by atoms with Crippen LogP contribution < -0.4 is 5.32 Å². The van der Waals surface area contributed by atoms with Crippen LogP contribution in [-0.2, 0) is 16.6 Å². The van der Waals surface area contributed by atoms with E-state index in [1.54, 1.807) is 21.8 Å². The number of anilines is 1. The zero-order valence-corrected chi connectivity index (χ0v) is 19.0. The monoisotopic (exact) mass is 435 g/mol. The first kappa shape index (κ1) is 22.0. The van der Waals surface area contributed by atoms with Crippen LogP contribution >= 0.6 is 0 Å². The van der Waals surface area contributed by atoms with Crippen LogP contribution in [0.2, 0.25) is 0 Å². The molecule has 1 saturated heterocycles. The third-order valence-corrected chi connectivity index (χ3v) is 6.06. The second kappa shape index (κ2) is 9.08. The minimum atomic E-state index is -0.241. The summed E-state index contributed by atoms with van der Waals surface area (Å²) in [5, 5.41) is 8.16. The average molecular weight is 436 g/mol. The zero-order valence-electron chi connectivity index (χ0n) is 19.0. The van der Waals surface area contributed by atoms with Gasteiger partial charge in [-0.3, -0.25) is 14.3 Å². The number of fused-ring (bicyclic) bond motifs is 1. The molecule has 8 nitrogen and oxygen atoms in total. The molecule has 2 aromatic heterocycles. The summed E-state index contributed by atoms with van der Waals surface area (Å²) >= 11 is 0. The maximum atomic E-state index is 13.4. The number of aromatic nitrogens is 3. The van der Waals surface area contributed by atoms with Gasteiger partial charge in [-0.25, -0.2) is 4.98 Å². The first-order valence-corrected chi connectivity index (χ1v) is 10.9. The van der Waals surface area contributed by atoms with E-state index in [-0.39, 0.29) is 24.5 Å². The van der Waals surface area contributed by atoms with Crippen molar-refractivity contribution in [3.8, 4) is 0 Å². The van der Waals surface area contributed by atoms with Gasteiger partial charge in [0.15, 0.2) is 5.65 Å². The molecule has 1 aliphatic rings. The van der Waals surface area contributed by atoms with Crippen LogP contribution in [0, 0.1) is 20.8 Å². The van der Waals surface area contributed by atoms with Gasteiger partial charge in [-0.1, -0.05) is 12.1 Å². The quantitative estimate of drug-likeness (QED) is 0.642. The summed E-state index contributed by atoms with van der Waals surface area (Å²) in [6, 6.07) is 7.58. The minimum Gasteiger partial charge on any atom is -0.376 e. The fourth-order valence-corrected chi connectivity index (χ4v) is 4.11. The molecule has 1 aromatic carbocycles. The first-order valence-electron chi connectivity index (χ1n) is 10.9. The highest BCUT2D eigenvalue weighted by atomic mass is 16.5. The Hall–Kier alpha value is -3.26. The number of amides is 2. The molecule has 3 aromatic rings. The zero-order chi connectivity index (χ0) is 22.8. The SMILES string of the molecule is Cc1cccc(NC(=O)CN(CC2CCCO2)C(=O)c2cnc3c(c2)c(C)nn3C)c1C. The van der Waals surface area contributed by atoms with E-state index >= 15 is 0 Å². The van der Waals surface area contributed by atoms with Gasteiger partial charge in [-0.15, -0.1) is 0 Å². The molecule has 1 fully saturated rings. The number of rotatable bonds is 6. The van der Waals surface area contributed by atoms with Gasteiger partial charge >= 0.3 is 0 Å². The molecule has 0 bridgehead atoms. The summed E-state index contributed by atoms with van der Waals surface area (Å²) in [6.07, 6.45) is 3.33. The number of aryl methyl sites for hydroxylation is 3. The third kappa shape index (κ3) is 4.50. The molecule has 168 valence electrons. The van der Waals surface area contributed by atoms with Gasteiger partial charge in [0.05, 0.1) is 17.4 Å². The number of pyridine rings is 1. The van der Waals surface area contributed by atoms with Crippen LogP contribution in [-0.4, -0.2) is 57.3 Å². The van der Waals surface area contributed by atoms with Gasteiger partial charge in [0.2, 0.25) is 5.91 Å². The minimum absolute atomic E-state index is 0.0594. The Morgan fingerprint density at radius 2 is 2.09 bits per heavy atom. The van der Waals surface area contributed by atoms with Gasteiger partial charge < -0.3 is 15.0 Å². The molecule has 0 radical (unpaired) electrons. The number of carbonyl (C=O) groups excluding carboxylic acids is 2. The highest BCUT2D eigenvalue weighted by Gasteiger charge is 2.26. The molecule has 1 atom stereocenters. The first-order chi connectivity index (χ1) is 15.3. The highest BCUT2D eigenvalue weighted by Crippen LogP contribution is 2.21. The van der Waals surface area contributed by atoms with Gasteiger partial charge in [-0.05, 0) is 56.9 Å². The summed E-state index contributed by atoms with van der Waals surface area (Å²) < 4.78 is 7.44. The normalized spacial score (nSPS) is 15.8. The van der Waals surface area contributed by atoms with E-state index in [1.165, 1.54) is 0 Å². The summed E-state index contributed by atoms with van der Waals surface area (Å²) in [7, 11) is 1.82. The number of hydrogen-bond acceptors (Lipinski definition) is 5. The van der Waals surface area contributed by atoms with Crippen molar-refractivity contribution in [1.29, 1.82) is 0 Å². The van der Waals surface area contributed by atoms with Gasteiger partial charge in [0.25, 0.3) is 5.91 Å². The molecule has 2 amide bonds. The maximum absolute atomic E-state index is 13.4. The Kier molecular flexibility index (Phi) is 6.23. The van der Waals surface area contributed by atoms with Crippen LogP contribution in [0.1, 0.15) is 40.0 Å². The summed E-state index contributed by atoms with van der Waals surface area (Å²) in [4.78, 5) is 32.3. The molecule has 0 saturated carbocycles. The van der Waals surface area contributed by atoms with Crippen molar-refractivity contribution in [2.45, 2.75) is 39.7 Å². The molecule has 3 heterocycles. The molecular weight excluding hydrogens is 406 g/mol. The number of carbonyl (C=O) groups is 2. The van der Waals surface area contributed by atoms with Crippen LogP contribution in [0.15, 0.2) is 30.5 Å². The van der Waals surface area contributed by atoms with Crippen LogP contribution in [0.25, 0.3) is 11.0 Å². The fourth-order valence-electron chi connectivity index (χ4n) is 4.11. The molecule has 0 aliphatic carbocycles. The number of hydrogen-bond donors (Lipinski definition) is 1. The Bertz CT molecular complexity index is 1160. The molecule has 0 spiro atoms. The Morgan fingerprint density at radius 1 is 1.28 bits per heavy atom. The van der Waals surface area contributed by atoms with Crippen molar-refractivity contribution in [1.82, 2.24) is 19.7 Å². The van der Waals surface area contributed by atoms with E-state index in [2.05, 4.69) is 15.4 Å². The summed E-state index contributed by atoms with van der Waals surface area (Å²) in [6.45, 7) is 6.85. The lowest BCUT2D eigenvalue weighted by Crippen LogP contribution is -2.42. The van der Waals surface area contributed by atoms with Crippen molar-refractivity contribution >= 4 is 28.5 Å². The van der Waals surface area contributed by atoms with Crippen LogP contribution in [0.4, 0.5) is 5.69 Å². The number of benzene rings is 1. The smallest absolute Gasteiger partial charge is 0.256 e. The van der Waals surface area contributed by atoms with Crippen molar-refractivity contribution < 1.29 is 14.3 Å². The standard InChI is InChI=1S/C24H29N5O3/c1-15-7-5-9-21(16(15)2)26-22(30)14-29(13-19-8-6-10-32-19)24(31)18-11-20-17(3)27-28(4)23(20)25-12-18/h5,7,9,11-12,19H,6,8,10,13-14H2,1-4H3,(H,26,30). The lowest BCUT2D eigenvalue weighted by molar-refractivity contribution is -0.117. The lowest BCUT2D eigenvalue weighted by Gasteiger charge is -2.25. The average Bonchev–Trinajstić information content (AvgIpc) is 3.38. The van der Waals surface area contributed by atoms with Crippen molar-refractivity contribution in [2.75, 3.05) is 25.0 Å². The molecule has 4 rings (SSSR count). The van der Waals surface area contributed by atoms with Crippen molar-refractivity contribution in [3.05, 3.63) is 52.8 Å². The van der Waals surface area contributed by atoms with Crippen LogP contribution in [0.5, 0.6) is 0 Å². The molecule has 1 unspecified atom stereocenters. The van der Waals surface area contributed by atoms with E-state index in [0.29, 0.717) is 18.7 Å². The molecule has 8 heteroatoms. The fraction of sp³-hybridized carbons (Fsp3) is 0.417. The Morgan fingerprint density at radius 3 is 2.84 bits per heavy atom. The summed E-state index contributed by atoms with van der Waals surface area (Å²) in [5.74, 6) is -0.481. The Balaban J connectivity index is 1.57. The number of nitrogens with one attached hydrogen (secondary N) is 1. The van der Waals surface area contributed by atoms with E-state index in [4.69, 9.17) is 4.74 Å². The molecule has 32 heavy (non-hydrogen) atoms. The van der Waals surface area contributed by atoms with Gasteiger partial charge in [0.1, 0.15) is 6.54 Å². The second-order valence-electron chi connectivity index (χ2n) is 8.42. The van der Waals surface area contributed by atoms with E-state index < -0.39 is 0 Å². The highest BCUT2D eigenvalue weighted by molar-refractivity contribution is 6.01. The van der Waals surface area contributed by atoms with Crippen LogP contribution in [0.3, 0.4) is 0 Å². The molecule has 1 aliphatic heterocycles. The lowest BCUT2D eigenvalue weighted by atomic mass is 10.1. The predicted octanol–water partition coefficient (Wildman–Crippen LogP) is 3.15. The maximum Gasteiger partial charge on any atom is 0.256 e. The van der Waals surface area contributed by atoms with Crippen molar-refractivity contribution in [3.63, 3.8) is 0 Å².